The second-order valence-electron chi connectivity index (χ2n) is 3.22. The molecule has 0 fully saturated rings. The molecule has 0 bridgehead atoms. The molecule has 2 rings (SSSR count). The maximum Gasteiger partial charge on any atom is 0.240 e. The van der Waals surface area contributed by atoms with Crippen LogP contribution in [0.3, 0.4) is 0 Å². The molecule has 0 saturated carbocycles. The van der Waals surface area contributed by atoms with Crippen molar-refractivity contribution in [3.63, 3.8) is 0 Å². The number of hydrogen-bond acceptors (Lipinski definition) is 0. The average molecular weight is 157 g/mol. The fourth-order valence-electron chi connectivity index (χ4n) is 1.93. The van der Waals surface area contributed by atoms with Crippen LogP contribution in [-0.4, -0.2) is 0 Å². The number of rotatable bonds is 1. The molecule has 1 aromatic carbocycles. The van der Waals surface area contributed by atoms with Gasteiger partial charge in [-0.05, 0) is 30.4 Å². The summed E-state index contributed by atoms with van der Waals surface area (Å²) >= 11 is 0. The molecule has 0 unspecified atom stereocenters. The molecule has 1 aliphatic rings. The monoisotopic (exact) mass is 157 g/mol. The first-order valence-corrected chi connectivity index (χ1v) is 4.34. The predicted octanol–water partition coefficient (Wildman–Crippen LogP) is 2.59. The molecule has 1 nitrogen and oxygen atoms in total. The van der Waals surface area contributed by atoms with Crippen LogP contribution in [0.1, 0.15) is 23.1 Å². The second-order valence-corrected chi connectivity index (χ2v) is 3.22. The van der Waals surface area contributed by atoms with E-state index in [0.717, 1.165) is 0 Å². The highest BCUT2D eigenvalue weighted by molar-refractivity contribution is 5.38. The van der Waals surface area contributed by atoms with Crippen LogP contribution >= 0.6 is 0 Å². The number of aryl methyl sites for hydroxylation is 1. The molecule has 1 heteroatoms. The van der Waals surface area contributed by atoms with Gasteiger partial charge in [0.05, 0.1) is 0 Å². The van der Waals surface area contributed by atoms with Crippen molar-refractivity contribution in [1.29, 1.82) is 0 Å². The minimum absolute atomic E-state index is 0.559. The highest BCUT2D eigenvalue weighted by Crippen LogP contribution is 2.25. The zero-order chi connectivity index (χ0) is 8.39. The molecule has 1 aliphatic carbocycles. The van der Waals surface area contributed by atoms with E-state index in [0.29, 0.717) is 6.54 Å². The second kappa shape index (κ2) is 2.98. The highest BCUT2D eigenvalue weighted by Gasteiger charge is 2.14. The molecule has 0 N–H and O–H groups in total. The fourth-order valence-corrected chi connectivity index (χ4v) is 1.93. The van der Waals surface area contributed by atoms with Gasteiger partial charge in [0, 0.05) is 5.56 Å². The lowest BCUT2D eigenvalue weighted by molar-refractivity contribution is 0.907. The average Bonchev–Trinajstić information content (AvgIpc) is 2.53. The third-order valence-corrected chi connectivity index (χ3v) is 2.49. The van der Waals surface area contributed by atoms with Gasteiger partial charge in [0.1, 0.15) is 0 Å². The molecule has 0 aliphatic heterocycles. The number of nitrogens with zero attached hydrogens (tertiary/aromatic N) is 1. The van der Waals surface area contributed by atoms with E-state index in [-0.39, 0.29) is 0 Å². The third-order valence-electron chi connectivity index (χ3n) is 2.49. The van der Waals surface area contributed by atoms with E-state index >= 15 is 0 Å². The molecule has 12 heavy (non-hydrogen) atoms. The van der Waals surface area contributed by atoms with E-state index in [9.17, 15) is 0 Å². The van der Waals surface area contributed by atoms with Gasteiger partial charge in [-0.1, -0.05) is 18.2 Å². The summed E-state index contributed by atoms with van der Waals surface area (Å²) < 4.78 is 0. The summed E-state index contributed by atoms with van der Waals surface area (Å²) in [5.41, 5.74) is 4.17. The smallest absolute Gasteiger partial charge is 0.240 e. The van der Waals surface area contributed by atoms with Crippen molar-refractivity contribution >= 4 is 0 Å². The molecule has 0 aromatic heterocycles. The summed E-state index contributed by atoms with van der Waals surface area (Å²) in [6.45, 7) is 7.39. The molecule has 0 amide bonds. The molecule has 0 atom stereocenters. The van der Waals surface area contributed by atoms with E-state index in [1.807, 2.05) is 0 Å². The Balaban J connectivity index is 2.44. The van der Waals surface area contributed by atoms with Gasteiger partial charge in [-0.25, -0.2) is 6.57 Å². The molecule has 0 saturated heterocycles. The van der Waals surface area contributed by atoms with E-state index in [1.165, 1.54) is 36.0 Å². The topological polar surface area (TPSA) is 4.36 Å². The van der Waals surface area contributed by atoms with Gasteiger partial charge in [-0.2, -0.15) is 0 Å². The summed E-state index contributed by atoms with van der Waals surface area (Å²) in [7, 11) is 0. The Hall–Kier alpha value is -1.29. The summed E-state index contributed by atoms with van der Waals surface area (Å²) in [6, 6.07) is 6.35. The van der Waals surface area contributed by atoms with Gasteiger partial charge < -0.3 is 4.85 Å². The fraction of sp³-hybridized carbons (Fsp3) is 0.364. The van der Waals surface area contributed by atoms with Crippen LogP contribution in [-0.2, 0) is 19.4 Å². The Kier molecular flexibility index (Phi) is 1.83. The zero-order valence-corrected chi connectivity index (χ0v) is 7.01. The van der Waals surface area contributed by atoms with Crippen LogP contribution in [0.15, 0.2) is 18.2 Å². The van der Waals surface area contributed by atoms with Crippen molar-refractivity contribution in [2.45, 2.75) is 25.8 Å². The number of fused-ring (bicyclic) bond motifs is 1. The molecule has 0 radical (unpaired) electrons. The van der Waals surface area contributed by atoms with Gasteiger partial charge in [0.2, 0.25) is 6.54 Å². The van der Waals surface area contributed by atoms with Crippen LogP contribution < -0.4 is 0 Å². The van der Waals surface area contributed by atoms with Gasteiger partial charge in [0.25, 0.3) is 0 Å². The lowest BCUT2D eigenvalue weighted by Crippen LogP contribution is -1.89. The lowest BCUT2D eigenvalue weighted by atomic mass is 10.0. The van der Waals surface area contributed by atoms with E-state index in [1.54, 1.807) is 0 Å². The molecule has 60 valence electrons. The van der Waals surface area contributed by atoms with E-state index in [4.69, 9.17) is 6.57 Å². The minimum Gasteiger partial charge on any atom is -0.312 e. The van der Waals surface area contributed by atoms with Crippen molar-refractivity contribution in [3.8, 4) is 0 Å². The first-order chi connectivity index (χ1) is 5.92. The first kappa shape index (κ1) is 7.36. The van der Waals surface area contributed by atoms with Gasteiger partial charge in [-0.15, -0.1) is 0 Å². The third kappa shape index (κ3) is 1.10. The Bertz CT molecular complexity index is 333. The Morgan fingerprint density at radius 1 is 1.33 bits per heavy atom. The van der Waals surface area contributed by atoms with E-state index < -0.39 is 0 Å². The van der Waals surface area contributed by atoms with Crippen LogP contribution in [0, 0.1) is 6.57 Å². The maximum absolute atomic E-state index is 6.83. The minimum atomic E-state index is 0.559. The van der Waals surface area contributed by atoms with Crippen molar-refractivity contribution in [1.82, 2.24) is 0 Å². The lowest BCUT2D eigenvalue weighted by Gasteiger charge is -2.01. The van der Waals surface area contributed by atoms with Crippen molar-refractivity contribution < 1.29 is 0 Å². The molecule has 0 heterocycles. The van der Waals surface area contributed by atoms with Gasteiger partial charge in [-0.3, -0.25) is 0 Å². The first-order valence-electron chi connectivity index (χ1n) is 4.34. The van der Waals surface area contributed by atoms with Gasteiger partial charge >= 0.3 is 0 Å². The molecular weight excluding hydrogens is 146 g/mol. The van der Waals surface area contributed by atoms with Crippen molar-refractivity contribution in [2.75, 3.05) is 0 Å². The molecule has 0 spiro atoms. The summed E-state index contributed by atoms with van der Waals surface area (Å²) in [6.07, 6.45) is 3.66. The van der Waals surface area contributed by atoms with E-state index in [2.05, 4.69) is 23.0 Å². The van der Waals surface area contributed by atoms with Crippen LogP contribution in [0.2, 0.25) is 0 Å². The largest absolute Gasteiger partial charge is 0.312 e. The normalized spacial score (nSPS) is 13.9. The van der Waals surface area contributed by atoms with Gasteiger partial charge in [0.15, 0.2) is 0 Å². The van der Waals surface area contributed by atoms with Crippen LogP contribution in [0.4, 0.5) is 0 Å². The predicted molar refractivity (Wildman–Crippen MR) is 48.8 cm³/mol. The number of hydrogen-bond donors (Lipinski definition) is 0. The molecule has 1 aromatic rings. The maximum atomic E-state index is 6.83. The number of benzene rings is 1. The van der Waals surface area contributed by atoms with Crippen molar-refractivity contribution in [2.24, 2.45) is 0 Å². The van der Waals surface area contributed by atoms with Crippen molar-refractivity contribution in [3.05, 3.63) is 46.3 Å². The SMILES string of the molecule is [C-]#[N+]Cc1cccc2c1CCC2. The quantitative estimate of drug-likeness (QED) is 0.552. The van der Waals surface area contributed by atoms with Crippen LogP contribution in [0.25, 0.3) is 4.85 Å². The zero-order valence-electron chi connectivity index (χ0n) is 7.01. The Labute approximate surface area is 72.9 Å². The summed E-state index contributed by atoms with van der Waals surface area (Å²) in [5, 5.41) is 0. The Morgan fingerprint density at radius 3 is 3.08 bits per heavy atom. The highest BCUT2D eigenvalue weighted by atomic mass is 14.6. The standard InChI is InChI=1S/C11H11N/c1-12-8-10-6-2-4-9-5-3-7-11(9)10/h2,4,6H,3,5,7-8H2. The van der Waals surface area contributed by atoms with Crippen LogP contribution in [0.5, 0.6) is 0 Å². The Morgan fingerprint density at radius 2 is 2.25 bits per heavy atom. The summed E-state index contributed by atoms with van der Waals surface area (Å²) in [4.78, 5) is 3.43. The molecular formula is C11H11N. The summed E-state index contributed by atoms with van der Waals surface area (Å²) in [5.74, 6) is 0.